The average Bonchev–Trinajstić information content (AvgIpc) is 3.87. The monoisotopic (exact) mass is 661 g/mol. The molecule has 8 aromatic carbocycles. The van der Waals surface area contributed by atoms with Gasteiger partial charge in [0.2, 0.25) is 0 Å². The Labute approximate surface area is 308 Å². The van der Waals surface area contributed by atoms with Gasteiger partial charge in [-0.05, 0) is 88.9 Å². The standard InChI is InChI=1S/C48H32N2O/c1-4-12-33(13-5-1)35-20-24-38(25-21-35)49(39-26-22-36(23-27-39)34-14-6-2-7-15-34)40-28-29-42-46(32-40)51-45-31-30-44-47(48(42)45)41-18-10-11-19-43(41)50(44)37-16-8-3-9-17-37/h1-32H/i10D,11D,18D,19D,28D,29D,30D,31D,32D. The number of anilines is 3. The number of benzene rings is 8. The summed E-state index contributed by atoms with van der Waals surface area (Å²) in [6.07, 6.45) is 0. The zero-order valence-corrected chi connectivity index (χ0v) is 27.1. The lowest BCUT2D eigenvalue weighted by Gasteiger charge is -2.26. The minimum Gasteiger partial charge on any atom is -0.456 e. The first kappa shape index (κ1) is 21.3. The SMILES string of the molecule is [2H]c1c(N(c2ccc(-c3ccccc3)cc2)c2ccc(-c3ccccc3)cc2)c([2H])c2oc3c([2H])c([2H])c4c(c5c([2H])c([2H])c([2H])c([2H])c5n4-c4ccccc4)c3c2c1[2H]. The van der Waals surface area contributed by atoms with Gasteiger partial charge in [-0.3, -0.25) is 0 Å². The van der Waals surface area contributed by atoms with Crippen molar-refractivity contribution in [1.29, 1.82) is 0 Å². The molecule has 0 saturated carbocycles. The van der Waals surface area contributed by atoms with E-state index in [0.29, 0.717) is 17.1 Å². The molecule has 0 fully saturated rings. The van der Waals surface area contributed by atoms with Gasteiger partial charge in [0.15, 0.2) is 0 Å². The van der Waals surface area contributed by atoms with Crippen LogP contribution >= 0.6 is 0 Å². The maximum Gasteiger partial charge on any atom is 0.137 e. The molecule has 2 aromatic heterocycles. The third-order valence-electron chi connectivity index (χ3n) is 9.30. The van der Waals surface area contributed by atoms with Crippen LogP contribution in [0.1, 0.15) is 12.3 Å². The van der Waals surface area contributed by atoms with E-state index in [0.717, 1.165) is 22.3 Å². The van der Waals surface area contributed by atoms with Gasteiger partial charge in [0.25, 0.3) is 0 Å². The van der Waals surface area contributed by atoms with E-state index >= 15 is 0 Å². The molecule has 0 aliphatic carbocycles. The number of hydrogen-bond acceptors (Lipinski definition) is 2. The van der Waals surface area contributed by atoms with Crippen molar-refractivity contribution in [1.82, 2.24) is 4.57 Å². The van der Waals surface area contributed by atoms with Gasteiger partial charge < -0.3 is 13.9 Å². The molecule has 0 spiro atoms. The minimum atomic E-state index is -0.481. The van der Waals surface area contributed by atoms with Gasteiger partial charge in [0.05, 0.1) is 23.4 Å². The van der Waals surface area contributed by atoms with Crippen LogP contribution in [0.4, 0.5) is 17.1 Å². The fourth-order valence-corrected chi connectivity index (χ4v) is 6.92. The van der Waals surface area contributed by atoms with E-state index < -0.39 is 12.1 Å². The lowest BCUT2D eigenvalue weighted by molar-refractivity contribution is 0.669. The Hall–Kier alpha value is -6.84. The number of rotatable bonds is 6. The summed E-state index contributed by atoms with van der Waals surface area (Å²) in [6.45, 7) is 0. The molecule has 0 amide bonds. The third kappa shape index (κ3) is 4.90. The molecule has 240 valence electrons. The molecule has 0 radical (unpaired) electrons. The fraction of sp³-hybridized carbons (Fsp3) is 0. The van der Waals surface area contributed by atoms with Crippen LogP contribution in [0, 0.1) is 0 Å². The van der Waals surface area contributed by atoms with Crippen LogP contribution in [-0.2, 0) is 0 Å². The van der Waals surface area contributed by atoms with Crippen LogP contribution in [0.25, 0.3) is 71.7 Å². The summed E-state index contributed by atoms with van der Waals surface area (Å²) in [7, 11) is 0. The van der Waals surface area contributed by atoms with E-state index in [-0.39, 0.29) is 91.7 Å². The Morgan fingerprint density at radius 3 is 1.63 bits per heavy atom. The summed E-state index contributed by atoms with van der Waals surface area (Å²) in [4.78, 5) is 1.75. The third-order valence-corrected chi connectivity index (χ3v) is 9.30. The second-order valence-corrected chi connectivity index (χ2v) is 12.3. The first-order chi connectivity index (χ1) is 29.1. The van der Waals surface area contributed by atoms with E-state index in [1.165, 1.54) is 0 Å². The highest BCUT2D eigenvalue weighted by molar-refractivity contribution is 6.27. The smallest absolute Gasteiger partial charge is 0.137 e. The van der Waals surface area contributed by atoms with Gasteiger partial charge in [-0.2, -0.15) is 0 Å². The Kier molecular flexibility index (Phi) is 4.98. The number of hydrogen-bond donors (Lipinski definition) is 0. The van der Waals surface area contributed by atoms with Crippen LogP contribution in [0.2, 0.25) is 0 Å². The maximum atomic E-state index is 9.79. The molecule has 2 heterocycles. The van der Waals surface area contributed by atoms with Gasteiger partial charge in [-0.15, -0.1) is 0 Å². The lowest BCUT2D eigenvalue weighted by Crippen LogP contribution is -2.09. The molecule has 0 N–H and O–H groups in total. The molecule has 0 saturated heterocycles. The second-order valence-electron chi connectivity index (χ2n) is 12.3. The molecule has 0 unspecified atom stereocenters. The predicted octanol–water partition coefficient (Wildman–Crippen LogP) is 13.5. The van der Waals surface area contributed by atoms with Gasteiger partial charge in [-0.25, -0.2) is 0 Å². The highest BCUT2D eigenvalue weighted by Gasteiger charge is 2.20. The number of aromatic nitrogens is 1. The molecule has 0 aliphatic rings. The van der Waals surface area contributed by atoms with Crippen molar-refractivity contribution in [3.63, 3.8) is 0 Å². The normalized spacial score (nSPS) is 14.0. The van der Waals surface area contributed by atoms with Crippen LogP contribution < -0.4 is 4.90 Å². The summed E-state index contributed by atoms with van der Waals surface area (Å²) >= 11 is 0. The molecule has 10 aromatic rings. The van der Waals surface area contributed by atoms with Crippen molar-refractivity contribution >= 4 is 60.8 Å². The van der Waals surface area contributed by atoms with Crippen LogP contribution in [0.15, 0.2) is 198 Å². The predicted molar refractivity (Wildman–Crippen MR) is 214 cm³/mol. The maximum absolute atomic E-state index is 9.79. The van der Waals surface area contributed by atoms with E-state index in [2.05, 4.69) is 0 Å². The van der Waals surface area contributed by atoms with Crippen LogP contribution in [0.3, 0.4) is 0 Å². The van der Waals surface area contributed by atoms with Crippen molar-refractivity contribution in [3.05, 3.63) is 194 Å². The van der Waals surface area contributed by atoms with Crippen molar-refractivity contribution < 1.29 is 16.8 Å². The topological polar surface area (TPSA) is 21.3 Å². The molecule has 3 nitrogen and oxygen atoms in total. The summed E-state index contributed by atoms with van der Waals surface area (Å²) in [5.74, 6) is 0. The Balaban J connectivity index is 1.29. The Morgan fingerprint density at radius 1 is 0.431 bits per heavy atom. The van der Waals surface area contributed by atoms with E-state index in [4.69, 9.17) is 9.90 Å². The largest absolute Gasteiger partial charge is 0.456 e. The van der Waals surface area contributed by atoms with E-state index in [1.807, 2.05) is 109 Å². The quantitative estimate of drug-likeness (QED) is 0.177. The van der Waals surface area contributed by atoms with Gasteiger partial charge in [0.1, 0.15) is 11.2 Å². The van der Waals surface area contributed by atoms with Crippen molar-refractivity contribution in [2.45, 2.75) is 0 Å². The van der Waals surface area contributed by atoms with Crippen molar-refractivity contribution in [2.24, 2.45) is 0 Å². The van der Waals surface area contributed by atoms with Gasteiger partial charge >= 0.3 is 0 Å². The molecule has 3 heteroatoms. The molecule has 0 aliphatic heterocycles. The Morgan fingerprint density at radius 2 is 1.00 bits per heavy atom. The number of para-hydroxylation sites is 2. The van der Waals surface area contributed by atoms with Crippen LogP contribution in [-0.4, -0.2) is 4.57 Å². The van der Waals surface area contributed by atoms with E-state index in [1.54, 1.807) is 39.8 Å². The minimum absolute atomic E-state index is 0.0422. The molecule has 0 atom stereocenters. The Bertz CT molecular complexity index is 3250. The molecule has 10 rings (SSSR count). The zero-order chi connectivity index (χ0) is 41.6. The van der Waals surface area contributed by atoms with Crippen molar-refractivity contribution in [2.75, 3.05) is 4.90 Å². The van der Waals surface area contributed by atoms with Gasteiger partial charge in [0, 0.05) is 50.3 Å². The number of nitrogens with zero attached hydrogens (tertiary/aromatic N) is 2. The summed E-state index contributed by atoms with van der Waals surface area (Å²) in [5.41, 5.74) is 5.81. The zero-order valence-electron chi connectivity index (χ0n) is 36.1. The van der Waals surface area contributed by atoms with E-state index in [9.17, 15) is 6.85 Å². The lowest BCUT2D eigenvalue weighted by atomic mass is 10.0. The first-order valence-corrected chi connectivity index (χ1v) is 16.6. The number of fused-ring (bicyclic) bond motifs is 7. The van der Waals surface area contributed by atoms with Crippen LogP contribution in [0.5, 0.6) is 0 Å². The van der Waals surface area contributed by atoms with Crippen molar-refractivity contribution in [3.8, 4) is 27.9 Å². The first-order valence-electron chi connectivity index (χ1n) is 21.1. The highest BCUT2D eigenvalue weighted by atomic mass is 16.3. The van der Waals surface area contributed by atoms with Gasteiger partial charge in [-0.1, -0.05) is 121 Å². The molecule has 0 bridgehead atoms. The molecular formula is C48H32N2O. The molecule has 51 heavy (non-hydrogen) atoms. The summed E-state index contributed by atoms with van der Waals surface area (Å²) in [5, 5.41) is 0.442. The second kappa shape index (κ2) is 11.9. The fourth-order valence-electron chi connectivity index (χ4n) is 6.92. The average molecular weight is 662 g/mol. The summed E-state index contributed by atoms with van der Waals surface area (Å²) < 4.78 is 91.1. The number of furan rings is 1. The highest BCUT2D eigenvalue weighted by Crippen LogP contribution is 2.44. The summed E-state index contributed by atoms with van der Waals surface area (Å²) in [6, 6.07) is 41.1. The molecular weight excluding hydrogens is 621 g/mol.